The molecule has 0 saturated carbocycles. The maximum absolute atomic E-state index is 12.2. The van der Waals surface area contributed by atoms with Gasteiger partial charge in [-0.1, -0.05) is 23.7 Å². The van der Waals surface area contributed by atoms with Crippen molar-refractivity contribution in [3.05, 3.63) is 58.6 Å². The number of rotatable bonds is 6. The smallest absolute Gasteiger partial charge is 0.337 e. The number of ether oxygens (including phenoxy) is 2. The minimum Gasteiger partial charge on any atom is -0.496 e. The lowest BCUT2D eigenvalue weighted by molar-refractivity contribution is -0.115. The Morgan fingerprint density at radius 3 is 2.50 bits per heavy atom. The Morgan fingerprint density at radius 1 is 1.08 bits per heavy atom. The summed E-state index contributed by atoms with van der Waals surface area (Å²) < 4.78 is 9.73. The Labute approximate surface area is 155 Å². The van der Waals surface area contributed by atoms with Crippen molar-refractivity contribution < 1.29 is 23.9 Å². The summed E-state index contributed by atoms with van der Waals surface area (Å²) in [6.07, 6.45) is 0. The van der Waals surface area contributed by atoms with E-state index in [1.807, 2.05) is 0 Å². The molecule has 2 amide bonds. The minimum absolute atomic E-state index is 0.241. The topological polar surface area (TPSA) is 93.7 Å². The molecule has 0 aromatic heterocycles. The standard InChI is InChI=1S/C18H17ClN2O5/c1-25-15-6-4-3-5-12(15)17(23)20-10-16(22)21-14-9-11(18(24)26-2)7-8-13(14)19/h3-9H,10H2,1-2H3,(H,20,23)(H,21,22). The molecule has 2 rings (SSSR count). The van der Waals surface area contributed by atoms with E-state index in [0.29, 0.717) is 11.3 Å². The molecule has 0 fully saturated rings. The van der Waals surface area contributed by atoms with Gasteiger partial charge in [0.1, 0.15) is 5.75 Å². The molecule has 0 unspecified atom stereocenters. The van der Waals surface area contributed by atoms with Gasteiger partial charge in [-0.3, -0.25) is 9.59 Å². The maximum atomic E-state index is 12.2. The van der Waals surface area contributed by atoms with Crippen molar-refractivity contribution in [2.75, 3.05) is 26.1 Å². The summed E-state index contributed by atoms with van der Waals surface area (Å²) in [5, 5.41) is 5.29. The van der Waals surface area contributed by atoms with Gasteiger partial charge in [0, 0.05) is 0 Å². The second-order valence-electron chi connectivity index (χ2n) is 5.12. The molecule has 0 bridgehead atoms. The first-order chi connectivity index (χ1) is 12.5. The van der Waals surface area contributed by atoms with Crippen LogP contribution in [0.3, 0.4) is 0 Å². The van der Waals surface area contributed by atoms with Crippen molar-refractivity contribution in [2.24, 2.45) is 0 Å². The molecule has 0 radical (unpaired) electrons. The Balaban J connectivity index is 2.01. The van der Waals surface area contributed by atoms with Crippen LogP contribution in [0.5, 0.6) is 5.75 Å². The van der Waals surface area contributed by atoms with E-state index in [4.69, 9.17) is 16.3 Å². The fraction of sp³-hybridized carbons (Fsp3) is 0.167. The van der Waals surface area contributed by atoms with Gasteiger partial charge in [0.05, 0.1) is 42.6 Å². The van der Waals surface area contributed by atoms with Gasteiger partial charge in [-0.2, -0.15) is 0 Å². The van der Waals surface area contributed by atoms with Crippen LogP contribution < -0.4 is 15.4 Å². The third kappa shape index (κ3) is 4.73. The number of benzene rings is 2. The summed E-state index contributed by atoms with van der Waals surface area (Å²) in [6, 6.07) is 11.0. The van der Waals surface area contributed by atoms with Gasteiger partial charge in [-0.25, -0.2) is 4.79 Å². The number of esters is 1. The molecule has 2 aromatic carbocycles. The van der Waals surface area contributed by atoms with Gasteiger partial charge in [0.2, 0.25) is 5.91 Å². The van der Waals surface area contributed by atoms with Crippen molar-refractivity contribution in [3.8, 4) is 5.75 Å². The van der Waals surface area contributed by atoms with Crippen LogP contribution >= 0.6 is 11.6 Å². The van der Waals surface area contributed by atoms with Crippen molar-refractivity contribution in [1.29, 1.82) is 0 Å². The Kier molecular flexibility index (Phi) is 6.57. The molecule has 0 aliphatic rings. The number of hydrogen-bond acceptors (Lipinski definition) is 5. The normalized spacial score (nSPS) is 9.96. The zero-order valence-electron chi connectivity index (χ0n) is 14.2. The molecular formula is C18H17ClN2O5. The molecule has 0 heterocycles. The molecule has 26 heavy (non-hydrogen) atoms. The van der Waals surface area contributed by atoms with Crippen molar-refractivity contribution in [2.45, 2.75) is 0 Å². The number of nitrogens with one attached hydrogen (secondary N) is 2. The highest BCUT2D eigenvalue weighted by molar-refractivity contribution is 6.33. The van der Waals surface area contributed by atoms with Crippen LogP contribution in [0.4, 0.5) is 5.69 Å². The van der Waals surface area contributed by atoms with E-state index >= 15 is 0 Å². The van der Waals surface area contributed by atoms with Gasteiger partial charge >= 0.3 is 5.97 Å². The van der Waals surface area contributed by atoms with E-state index in [0.717, 1.165) is 0 Å². The largest absolute Gasteiger partial charge is 0.496 e. The number of carbonyl (C=O) groups excluding carboxylic acids is 3. The van der Waals surface area contributed by atoms with E-state index in [9.17, 15) is 14.4 Å². The number of anilines is 1. The Bertz CT molecular complexity index is 838. The number of amides is 2. The lowest BCUT2D eigenvalue weighted by Crippen LogP contribution is -2.33. The average Bonchev–Trinajstić information content (AvgIpc) is 2.67. The van der Waals surface area contributed by atoms with Crippen LogP contribution in [0, 0.1) is 0 Å². The SMILES string of the molecule is COC(=O)c1ccc(Cl)c(NC(=O)CNC(=O)c2ccccc2OC)c1. The fourth-order valence-electron chi connectivity index (χ4n) is 2.15. The molecule has 2 aromatic rings. The predicted molar refractivity (Wildman–Crippen MR) is 96.7 cm³/mol. The van der Waals surface area contributed by atoms with E-state index in [-0.39, 0.29) is 22.8 Å². The second-order valence-corrected chi connectivity index (χ2v) is 5.52. The Morgan fingerprint density at radius 2 is 1.81 bits per heavy atom. The third-order valence-electron chi connectivity index (χ3n) is 3.42. The Hall–Kier alpha value is -3.06. The van der Waals surface area contributed by atoms with Crippen LogP contribution in [-0.2, 0) is 9.53 Å². The summed E-state index contributed by atoms with van der Waals surface area (Å²) in [5.74, 6) is -1.11. The summed E-state index contributed by atoms with van der Waals surface area (Å²) in [6.45, 7) is -0.282. The lowest BCUT2D eigenvalue weighted by atomic mass is 10.2. The highest BCUT2D eigenvalue weighted by atomic mass is 35.5. The van der Waals surface area contributed by atoms with Crippen LogP contribution in [0.15, 0.2) is 42.5 Å². The lowest BCUT2D eigenvalue weighted by Gasteiger charge is -2.11. The quantitative estimate of drug-likeness (QED) is 0.755. The van der Waals surface area contributed by atoms with Crippen LogP contribution in [0.25, 0.3) is 0 Å². The number of carbonyl (C=O) groups is 3. The van der Waals surface area contributed by atoms with Gasteiger partial charge in [0.25, 0.3) is 5.91 Å². The molecular weight excluding hydrogens is 360 g/mol. The zero-order chi connectivity index (χ0) is 19.1. The molecule has 2 N–H and O–H groups in total. The summed E-state index contributed by atoms with van der Waals surface area (Å²) in [4.78, 5) is 35.8. The average molecular weight is 377 g/mol. The van der Waals surface area contributed by atoms with Gasteiger partial charge in [-0.15, -0.1) is 0 Å². The van der Waals surface area contributed by atoms with E-state index in [2.05, 4.69) is 15.4 Å². The number of methoxy groups -OCH3 is 2. The molecule has 8 heteroatoms. The van der Waals surface area contributed by atoms with Gasteiger partial charge < -0.3 is 20.1 Å². The fourth-order valence-corrected chi connectivity index (χ4v) is 2.31. The van der Waals surface area contributed by atoms with Gasteiger partial charge in [-0.05, 0) is 30.3 Å². The summed E-state index contributed by atoms with van der Waals surface area (Å²) >= 11 is 6.02. The molecule has 136 valence electrons. The van der Waals surface area contributed by atoms with E-state index < -0.39 is 17.8 Å². The number of halogens is 1. The highest BCUT2D eigenvalue weighted by Gasteiger charge is 2.14. The predicted octanol–water partition coefficient (Wildman–Crippen LogP) is 2.50. The first kappa shape index (κ1) is 19.3. The summed E-state index contributed by atoms with van der Waals surface area (Å²) in [5.41, 5.74) is 0.796. The molecule has 0 aliphatic carbocycles. The zero-order valence-corrected chi connectivity index (χ0v) is 14.9. The second kappa shape index (κ2) is 8.87. The van der Waals surface area contributed by atoms with Crippen LogP contribution in [0.1, 0.15) is 20.7 Å². The highest BCUT2D eigenvalue weighted by Crippen LogP contribution is 2.23. The number of para-hydroxylation sites is 1. The van der Waals surface area contributed by atoms with E-state index in [1.54, 1.807) is 24.3 Å². The van der Waals surface area contributed by atoms with Crippen molar-refractivity contribution in [1.82, 2.24) is 5.32 Å². The molecule has 0 aliphatic heterocycles. The number of hydrogen-bond donors (Lipinski definition) is 2. The monoisotopic (exact) mass is 376 g/mol. The van der Waals surface area contributed by atoms with Crippen LogP contribution in [0.2, 0.25) is 5.02 Å². The molecule has 0 saturated heterocycles. The summed E-state index contributed by atoms with van der Waals surface area (Å²) in [7, 11) is 2.71. The minimum atomic E-state index is -0.554. The molecule has 7 nitrogen and oxygen atoms in total. The van der Waals surface area contributed by atoms with Crippen molar-refractivity contribution >= 4 is 35.1 Å². The maximum Gasteiger partial charge on any atom is 0.337 e. The molecule has 0 spiro atoms. The van der Waals surface area contributed by atoms with E-state index in [1.165, 1.54) is 32.4 Å². The third-order valence-corrected chi connectivity index (χ3v) is 3.75. The first-order valence-electron chi connectivity index (χ1n) is 7.55. The first-order valence-corrected chi connectivity index (χ1v) is 7.93. The molecule has 0 atom stereocenters. The van der Waals surface area contributed by atoms with Crippen LogP contribution in [-0.4, -0.2) is 38.5 Å². The van der Waals surface area contributed by atoms with Crippen molar-refractivity contribution in [3.63, 3.8) is 0 Å². The van der Waals surface area contributed by atoms with Gasteiger partial charge in [0.15, 0.2) is 0 Å².